The van der Waals surface area contributed by atoms with Crippen LogP contribution in [0.15, 0.2) is 36.8 Å². The number of amides is 1. The maximum atomic E-state index is 12.8. The topological polar surface area (TPSA) is 98.2 Å². The highest BCUT2D eigenvalue weighted by Gasteiger charge is 2.53. The van der Waals surface area contributed by atoms with Gasteiger partial charge in [-0.3, -0.25) is 9.78 Å². The van der Waals surface area contributed by atoms with Gasteiger partial charge in [-0.05, 0) is 19.1 Å². The van der Waals surface area contributed by atoms with Crippen molar-refractivity contribution in [2.75, 3.05) is 37.7 Å². The molecule has 150 valence electrons. The number of carbonyl (C=O) groups is 1. The van der Waals surface area contributed by atoms with E-state index in [1.807, 2.05) is 36.1 Å². The zero-order chi connectivity index (χ0) is 20.0. The fourth-order valence-electron chi connectivity index (χ4n) is 4.69. The van der Waals surface area contributed by atoms with E-state index < -0.39 is 0 Å². The minimum absolute atomic E-state index is 0.0559. The normalized spacial score (nSPS) is 23.7. The second kappa shape index (κ2) is 6.81. The average Bonchev–Trinajstić information content (AvgIpc) is 3.40. The van der Waals surface area contributed by atoms with Crippen LogP contribution in [-0.4, -0.2) is 68.6 Å². The number of carbonyl (C=O) groups excluding carboxylic acids is 1. The molecule has 1 amide bonds. The third-order valence-electron chi connectivity index (χ3n) is 6.44. The Balaban J connectivity index is 1.32. The molecule has 29 heavy (non-hydrogen) atoms. The van der Waals surface area contributed by atoms with Crippen molar-refractivity contribution in [2.24, 2.45) is 11.3 Å². The molecule has 0 aliphatic carbocycles. The standard InChI is InChI=1S/C21H24N6O2/c1-14-18(24-13-23-14)6-20(29)27-9-15-8-26(10-21(15,11-27)12-28)19-7-22-16-4-2-3-5-17(16)25-19/h2-5,7,13,15,28H,6,8-12H2,1H3,(H,23,24). The summed E-state index contributed by atoms with van der Waals surface area (Å²) in [4.78, 5) is 33.4. The number of aryl methyl sites for hydroxylation is 1. The number of nitrogens with zero attached hydrogens (tertiary/aromatic N) is 5. The van der Waals surface area contributed by atoms with E-state index in [-0.39, 0.29) is 23.8 Å². The SMILES string of the molecule is Cc1[nH]cnc1CC(=O)N1CC2CN(c3cnc4ccccc4n3)CC2(CO)C1. The Labute approximate surface area is 168 Å². The lowest BCUT2D eigenvalue weighted by Crippen LogP contribution is -2.39. The maximum Gasteiger partial charge on any atom is 0.228 e. The van der Waals surface area contributed by atoms with Gasteiger partial charge >= 0.3 is 0 Å². The summed E-state index contributed by atoms with van der Waals surface area (Å²) in [7, 11) is 0. The lowest BCUT2D eigenvalue weighted by Gasteiger charge is -2.27. The quantitative estimate of drug-likeness (QED) is 0.691. The van der Waals surface area contributed by atoms with Crippen molar-refractivity contribution in [3.63, 3.8) is 0 Å². The molecular formula is C21H24N6O2. The van der Waals surface area contributed by atoms with Crippen LogP contribution in [0.2, 0.25) is 0 Å². The van der Waals surface area contributed by atoms with E-state index in [1.54, 1.807) is 12.5 Å². The molecule has 1 aromatic carbocycles. The smallest absolute Gasteiger partial charge is 0.228 e. The van der Waals surface area contributed by atoms with Crippen molar-refractivity contribution in [3.05, 3.63) is 48.2 Å². The molecule has 5 rings (SSSR count). The number of aliphatic hydroxyl groups is 1. The number of likely N-dealkylation sites (tertiary alicyclic amines) is 1. The summed E-state index contributed by atoms with van der Waals surface area (Å²) in [5.74, 6) is 1.11. The van der Waals surface area contributed by atoms with Gasteiger partial charge in [-0.15, -0.1) is 0 Å². The van der Waals surface area contributed by atoms with Crippen LogP contribution in [0, 0.1) is 18.3 Å². The molecule has 2 saturated heterocycles. The van der Waals surface area contributed by atoms with E-state index >= 15 is 0 Å². The molecule has 2 aliphatic heterocycles. The molecule has 0 radical (unpaired) electrons. The Morgan fingerprint density at radius 2 is 2.07 bits per heavy atom. The van der Waals surface area contributed by atoms with Crippen LogP contribution in [0.5, 0.6) is 0 Å². The number of H-pyrrole nitrogens is 1. The molecule has 2 aromatic heterocycles. The molecule has 2 unspecified atom stereocenters. The molecule has 2 aliphatic rings. The van der Waals surface area contributed by atoms with E-state index in [0.29, 0.717) is 26.1 Å². The van der Waals surface area contributed by atoms with Crippen molar-refractivity contribution >= 4 is 22.8 Å². The first-order valence-electron chi connectivity index (χ1n) is 9.92. The summed E-state index contributed by atoms with van der Waals surface area (Å²) in [6.07, 6.45) is 3.72. The van der Waals surface area contributed by atoms with E-state index in [9.17, 15) is 9.90 Å². The summed E-state index contributed by atoms with van der Waals surface area (Å²) in [6.45, 7) is 4.63. The number of hydrogen-bond donors (Lipinski definition) is 2. The van der Waals surface area contributed by atoms with E-state index in [2.05, 4.69) is 19.9 Å². The summed E-state index contributed by atoms with van der Waals surface area (Å²) in [5.41, 5.74) is 3.14. The largest absolute Gasteiger partial charge is 0.396 e. The molecule has 0 spiro atoms. The number of benzene rings is 1. The predicted molar refractivity (Wildman–Crippen MR) is 108 cm³/mol. The molecule has 8 nitrogen and oxygen atoms in total. The van der Waals surface area contributed by atoms with Gasteiger partial charge in [0, 0.05) is 43.2 Å². The monoisotopic (exact) mass is 392 g/mol. The van der Waals surface area contributed by atoms with Gasteiger partial charge in [0.05, 0.1) is 42.3 Å². The zero-order valence-electron chi connectivity index (χ0n) is 16.4. The van der Waals surface area contributed by atoms with Gasteiger partial charge in [-0.2, -0.15) is 0 Å². The van der Waals surface area contributed by atoms with Gasteiger partial charge in [-0.1, -0.05) is 12.1 Å². The van der Waals surface area contributed by atoms with Gasteiger partial charge in [0.2, 0.25) is 5.91 Å². The van der Waals surface area contributed by atoms with Gasteiger partial charge < -0.3 is 19.9 Å². The highest BCUT2D eigenvalue weighted by molar-refractivity contribution is 5.79. The van der Waals surface area contributed by atoms with Crippen molar-refractivity contribution < 1.29 is 9.90 Å². The third-order valence-corrected chi connectivity index (χ3v) is 6.44. The Morgan fingerprint density at radius 3 is 2.79 bits per heavy atom. The van der Waals surface area contributed by atoms with Gasteiger partial charge in [0.15, 0.2) is 0 Å². The van der Waals surface area contributed by atoms with Crippen LogP contribution in [-0.2, 0) is 11.2 Å². The first-order valence-corrected chi connectivity index (χ1v) is 9.92. The molecule has 2 atom stereocenters. The van der Waals surface area contributed by atoms with E-state index in [4.69, 9.17) is 4.98 Å². The third kappa shape index (κ3) is 3.04. The van der Waals surface area contributed by atoms with Crippen molar-refractivity contribution in [1.29, 1.82) is 0 Å². The molecule has 2 fully saturated rings. The Hall–Kier alpha value is -3.00. The number of para-hydroxylation sites is 2. The number of hydrogen-bond acceptors (Lipinski definition) is 6. The number of aliphatic hydroxyl groups excluding tert-OH is 1. The minimum Gasteiger partial charge on any atom is -0.396 e. The predicted octanol–water partition coefficient (Wildman–Crippen LogP) is 1.16. The lowest BCUT2D eigenvalue weighted by molar-refractivity contribution is -0.130. The van der Waals surface area contributed by atoms with Crippen molar-refractivity contribution in [1.82, 2.24) is 24.8 Å². The molecule has 0 bridgehead atoms. The number of anilines is 1. The highest BCUT2D eigenvalue weighted by Crippen LogP contribution is 2.43. The lowest BCUT2D eigenvalue weighted by atomic mass is 9.82. The maximum absolute atomic E-state index is 12.8. The average molecular weight is 392 g/mol. The molecule has 0 saturated carbocycles. The zero-order valence-corrected chi connectivity index (χ0v) is 16.4. The fraction of sp³-hybridized carbons (Fsp3) is 0.429. The number of aromatic nitrogens is 4. The first-order chi connectivity index (χ1) is 14.1. The van der Waals surface area contributed by atoms with Gasteiger partial charge in [-0.25, -0.2) is 9.97 Å². The Kier molecular flexibility index (Phi) is 4.24. The van der Waals surface area contributed by atoms with Crippen molar-refractivity contribution in [2.45, 2.75) is 13.3 Å². The second-order valence-corrected chi connectivity index (χ2v) is 8.24. The van der Waals surface area contributed by atoms with Crippen LogP contribution < -0.4 is 4.90 Å². The van der Waals surface area contributed by atoms with Crippen molar-refractivity contribution in [3.8, 4) is 0 Å². The number of fused-ring (bicyclic) bond motifs is 2. The highest BCUT2D eigenvalue weighted by atomic mass is 16.3. The molecule has 3 aromatic rings. The van der Waals surface area contributed by atoms with Crippen LogP contribution >= 0.6 is 0 Å². The van der Waals surface area contributed by atoms with E-state index in [0.717, 1.165) is 34.8 Å². The van der Waals surface area contributed by atoms with E-state index in [1.165, 1.54) is 0 Å². The van der Waals surface area contributed by atoms with Gasteiger partial charge in [0.1, 0.15) is 5.82 Å². The fourth-order valence-corrected chi connectivity index (χ4v) is 4.69. The number of aromatic amines is 1. The summed E-state index contributed by atoms with van der Waals surface area (Å²) in [5, 5.41) is 10.2. The first kappa shape index (κ1) is 18.1. The summed E-state index contributed by atoms with van der Waals surface area (Å²) >= 11 is 0. The van der Waals surface area contributed by atoms with Crippen LogP contribution in [0.4, 0.5) is 5.82 Å². The summed E-state index contributed by atoms with van der Waals surface area (Å²) in [6, 6.07) is 7.82. The number of imidazole rings is 1. The van der Waals surface area contributed by atoms with Crippen LogP contribution in [0.3, 0.4) is 0 Å². The Bertz CT molecular complexity index is 1070. The van der Waals surface area contributed by atoms with Crippen LogP contribution in [0.25, 0.3) is 11.0 Å². The molecule has 2 N–H and O–H groups in total. The Morgan fingerprint density at radius 1 is 1.24 bits per heavy atom. The molecular weight excluding hydrogens is 368 g/mol. The second-order valence-electron chi connectivity index (χ2n) is 8.24. The number of rotatable bonds is 4. The summed E-state index contributed by atoms with van der Waals surface area (Å²) < 4.78 is 0. The number of nitrogens with one attached hydrogen (secondary N) is 1. The molecule has 8 heteroatoms. The van der Waals surface area contributed by atoms with Gasteiger partial charge in [0.25, 0.3) is 0 Å². The minimum atomic E-state index is -0.316. The van der Waals surface area contributed by atoms with Crippen LogP contribution in [0.1, 0.15) is 11.4 Å². The molecule has 4 heterocycles.